The molecule has 0 aromatic carbocycles. The molecule has 1 aromatic heterocycles. The van der Waals surface area contributed by atoms with Crippen molar-refractivity contribution in [1.29, 1.82) is 0 Å². The van der Waals surface area contributed by atoms with Crippen LogP contribution in [0.25, 0.3) is 0 Å². The van der Waals surface area contributed by atoms with Crippen LogP contribution in [0.1, 0.15) is 57.7 Å². The molecule has 2 rings (SSSR count). The maximum Gasteiger partial charge on any atom is 0.303 e. The molecule has 1 unspecified atom stereocenters. The van der Waals surface area contributed by atoms with Gasteiger partial charge in [-0.25, -0.2) is 0 Å². The van der Waals surface area contributed by atoms with E-state index in [0.29, 0.717) is 24.9 Å². The van der Waals surface area contributed by atoms with Crippen LogP contribution in [-0.2, 0) is 15.0 Å². The summed E-state index contributed by atoms with van der Waals surface area (Å²) in [5.41, 5.74) is -0.194. The third-order valence-electron chi connectivity index (χ3n) is 3.53. The van der Waals surface area contributed by atoms with Crippen molar-refractivity contribution in [3.63, 3.8) is 0 Å². The predicted octanol–water partition coefficient (Wildman–Crippen LogP) is 1.55. The largest absolute Gasteiger partial charge is 0.481 e. The van der Waals surface area contributed by atoms with Gasteiger partial charge in [-0.05, 0) is 6.42 Å². The van der Waals surface area contributed by atoms with Crippen molar-refractivity contribution in [3.8, 4) is 0 Å². The lowest BCUT2D eigenvalue weighted by Gasteiger charge is -2.15. The number of amides is 1. The van der Waals surface area contributed by atoms with Gasteiger partial charge in [-0.1, -0.05) is 20.8 Å². The maximum absolute atomic E-state index is 11.9. The van der Waals surface area contributed by atoms with Crippen LogP contribution in [-0.4, -0.2) is 45.2 Å². The van der Waals surface area contributed by atoms with Gasteiger partial charge in [-0.15, -0.1) is 10.2 Å². The lowest BCUT2D eigenvalue weighted by molar-refractivity contribution is -0.140. The van der Waals surface area contributed by atoms with E-state index in [1.807, 2.05) is 20.8 Å². The molecule has 0 saturated carbocycles. The van der Waals surface area contributed by atoms with Gasteiger partial charge in [0.1, 0.15) is 0 Å². The van der Waals surface area contributed by atoms with E-state index in [1.54, 1.807) is 4.90 Å². The number of hydrogen-bond donors (Lipinski definition) is 1. The SMILES string of the molecule is CC(C)(C)c1nnc(C2CCN(C(=O)CCC(=O)O)C2)o1. The Kier molecular flexibility index (Phi) is 4.29. The van der Waals surface area contributed by atoms with E-state index in [1.165, 1.54) is 0 Å². The van der Waals surface area contributed by atoms with E-state index in [-0.39, 0.29) is 30.1 Å². The lowest BCUT2D eigenvalue weighted by atomic mass is 9.97. The highest BCUT2D eigenvalue weighted by atomic mass is 16.4. The summed E-state index contributed by atoms with van der Waals surface area (Å²) in [6.45, 7) is 7.13. The van der Waals surface area contributed by atoms with Gasteiger partial charge in [-0.2, -0.15) is 0 Å². The number of aromatic nitrogens is 2. The zero-order chi connectivity index (χ0) is 15.6. The molecule has 1 atom stereocenters. The maximum atomic E-state index is 11.9. The molecule has 1 N–H and O–H groups in total. The fourth-order valence-electron chi connectivity index (χ4n) is 2.26. The highest BCUT2D eigenvalue weighted by Gasteiger charge is 2.32. The molecule has 1 amide bonds. The molecule has 7 nitrogen and oxygen atoms in total. The minimum Gasteiger partial charge on any atom is -0.481 e. The van der Waals surface area contributed by atoms with Gasteiger partial charge >= 0.3 is 5.97 Å². The van der Waals surface area contributed by atoms with Crippen molar-refractivity contribution in [2.75, 3.05) is 13.1 Å². The Balaban J connectivity index is 1.94. The molecule has 2 heterocycles. The molecule has 0 spiro atoms. The molecule has 1 fully saturated rings. The fraction of sp³-hybridized carbons (Fsp3) is 0.714. The quantitative estimate of drug-likeness (QED) is 0.905. The monoisotopic (exact) mass is 295 g/mol. The van der Waals surface area contributed by atoms with E-state index >= 15 is 0 Å². The van der Waals surface area contributed by atoms with Crippen molar-refractivity contribution >= 4 is 11.9 Å². The summed E-state index contributed by atoms with van der Waals surface area (Å²) < 4.78 is 5.70. The van der Waals surface area contributed by atoms with Crippen LogP contribution in [0.15, 0.2) is 4.42 Å². The molecule has 1 aliphatic rings. The van der Waals surface area contributed by atoms with Gasteiger partial charge in [0.15, 0.2) is 0 Å². The third-order valence-corrected chi connectivity index (χ3v) is 3.53. The van der Waals surface area contributed by atoms with E-state index in [2.05, 4.69) is 10.2 Å². The van der Waals surface area contributed by atoms with Gasteiger partial charge < -0.3 is 14.4 Å². The van der Waals surface area contributed by atoms with Crippen molar-refractivity contribution in [2.45, 2.75) is 51.4 Å². The average molecular weight is 295 g/mol. The zero-order valence-corrected chi connectivity index (χ0v) is 12.6. The van der Waals surface area contributed by atoms with Crippen LogP contribution in [0.4, 0.5) is 0 Å². The first-order valence-corrected chi connectivity index (χ1v) is 7.11. The number of aliphatic carboxylic acids is 1. The second kappa shape index (κ2) is 5.83. The zero-order valence-electron chi connectivity index (χ0n) is 12.6. The Morgan fingerprint density at radius 3 is 2.62 bits per heavy atom. The molecule has 21 heavy (non-hydrogen) atoms. The second-order valence-corrected chi connectivity index (χ2v) is 6.41. The number of hydrogen-bond acceptors (Lipinski definition) is 5. The third kappa shape index (κ3) is 3.80. The number of carbonyl (C=O) groups excluding carboxylic acids is 1. The van der Waals surface area contributed by atoms with Gasteiger partial charge in [0.25, 0.3) is 0 Å². The molecule has 1 saturated heterocycles. The average Bonchev–Trinajstić information content (AvgIpc) is 3.02. The van der Waals surface area contributed by atoms with Crippen LogP contribution in [0, 0.1) is 0 Å². The molecular weight excluding hydrogens is 274 g/mol. The van der Waals surface area contributed by atoms with Crippen LogP contribution in [0.3, 0.4) is 0 Å². The molecule has 0 radical (unpaired) electrons. The van der Waals surface area contributed by atoms with E-state index in [0.717, 1.165) is 6.42 Å². The number of nitrogens with zero attached hydrogens (tertiary/aromatic N) is 3. The number of carbonyl (C=O) groups is 2. The summed E-state index contributed by atoms with van der Waals surface area (Å²) in [5.74, 6) is 0.116. The highest BCUT2D eigenvalue weighted by molar-refractivity contribution is 5.81. The van der Waals surface area contributed by atoms with Crippen molar-refractivity contribution in [3.05, 3.63) is 11.8 Å². The first-order chi connectivity index (χ1) is 9.77. The first kappa shape index (κ1) is 15.5. The summed E-state index contributed by atoms with van der Waals surface area (Å²) in [5, 5.41) is 16.8. The summed E-state index contributed by atoms with van der Waals surface area (Å²) >= 11 is 0. The normalized spacial score (nSPS) is 19.0. The van der Waals surface area contributed by atoms with Crippen molar-refractivity contribution in [2.24, 2.45) is 0 Å². The topological polar surface area (TPSA) is 96.5 Å². The second-order valence-electron chi connectivity index (χ2n) is 6.41. The van der Waals surface area contributed by atoms with Crippen LogP contribution >= 0.6 is 0 Å². The molecule has 1 aliphatic heterocycles. The van der Waals surface area contributed by atoms with Gasteiger partial charge in [-0.3, -0.25) is 9.59 Å². The number of carboxylic acids is 1. The minimum atomic E-state index is -0.953. The van der Waals surface area contributed by atoms with E-state index in [4.69, 9.17) is 9.52 Å². The number of rotatable bonds is 4. The Bertz CT molecular complexity index is 533. The minimum absolute atomic E-state index is 0.0408. The molecule has 7 heteroatoms. The van der Waals surface area contributed by atoms with Gasteiger partial charge in [0.05, 0.1) is 12.3 Å². The van der Waals surface area contributed by atoms with Crippen molar-refractivity contribution < 1.29 is 19.1 Å². The van der Waals surface area contributed by atoms with Gasteiger partial charge in [0.2, 0.25) is 17.7 Å². The fourth-order valence-corrected chi connectivity index (χ4v) is 2.26. The van der Waals surface area contributed by atoms with Crippen LogP contribution in [0.2, 0.25) is 0 Å². The van der Waals surface area contributed by atoms with Crippen LogP contribution in [0.5, 0.6) is 0 Å². The number of carboxylic acid groups (broad SMARTS) is 1. The van der Waals surface area contributed by atoms with E-state index < -0.39 is 5.97 Å². The summed E-state index contributed by atoms with van der Waals surface area (Å²) in [7, 11) is 0. The summed E-state index contributed by atoms with van der Waals surface area (Å²) in [6.07, 6.45) is 0.679. The Morgan fingerprint density at radius 1 is 1.33 bits per heavy atom. The molecule has 0 bridgehead atoms. The smallest absolute Gasteiger partial charge is 0.303 e. The molecule has 0 aliphatic carbocycles. The van der Waals surface area contributed by atoms with Crippen molar-refractivity contribution in [1.82, 2.24) is 15.1 Å². The standard InChI is InChI=1S/C14H21N3O4/c1-14(2,3)13-16-15-12(21-13)9-6-7-17(8-9)10(18)4-5-11(19)20/h9H,4-8H2,1-3H3,(H,19,20). The molecule has 116 valence electrons. The Labute approximate surface area is 123 Å². The predicted molar refractivity (Wildman–Crippen MR) is 73.8 cm³/mol. The summed E-state index contributed by atoms with van der Waals surface area (Å²) in [6, 6.07) is 0. The van der Waals surface area contributed by atoms with Gasteiger partial charge in [0, 0.05) is 24.9 Å². The van der Waals surface area contributed by atoms with E-state index in [9.17, 15) is 9.59 Å². The molecular formula is C14H21N3O4. The first-order valence-electron chi connectivity index (χ1n) is 7.11. The number of likely N-dealkylation sites (tertiary alicyclic amines) is 1. The lowest BCUT2D eigenvalue weighted by Crippen LogP contribution is -2.28. The van der Waals surface area contributed by atoms with Crippen LogP contribution < -0.4 is 0 Å². The highest BCUT2D eigenvalue weighted by Crippen LogP contribution is 2.29. The Hall–Kier alpha value is -1.92. The molecule has 1 aromatic rings. The summed E-state index contributed by atoms with van der Waals surface area (Å²) in [4.78, 5) is 24.1. The Morgan fingerprint density at radius 2 is 2.05 bits per heavy atom.